The van der Waals surface area contributed by atoms with Crippen LogP contribution < -0.4 is 0 Å². The quantitative estimate of drug-likeness (QED) is 0.733. The van der Waals surface area contributed by atoms with Gasteiger partial charge in [0.15, 0.2) is 0 Å². The lowest BCUT2D eigenvalue weighted by atomic mass is 10.3. The van der Waals surface area contributed by atoms with Gasteiger partial charge < -0.3 is 9.64 Å². The van der Waals surface area contributed by atoms with Gasteiger partial charge in [-0.25, -0.2) is 0 Å². The Morgan fingerprint density at radius 3 is 2.93 bits per heavy atom. The Morgan fingerprint density at radius 2 is 2.40 bits per heavy atom. The van der Waals surface area contributed by atoms with E-state index in [0.29, 0.717) is 4.83 Å². The van der Waals surface area contributed by atoms with Crippen molar-refractivity contribution in [1.82, 2.24) is 14.7 Å². The number of alkyl halides is 1. The SMILES string of the molecule is COCC(Br)CN(C)Cc1cnn(C)c1. The Bertz CT molecular complexity index is 290. The molecule has 0 aromatic carbocycles. The molecule has 1 atom stereocenters. The number of halogens is 1. The normalized spacial score (nSPS) is 13.4. The van der Waals surface area contributed by atoms with Crippen LogP contribution in [-0.4, -0.2) is 46.8 Å². The maximum absolute atomic E-state index is 5.07. The largest absolute Gasteiger partial charge is 0.383 e. The Labute approximate surface area is 99.3 Å². The highest BCUT2D eigenvalue weighted by Crippen LogP contribution is 2.06. The Hall–Kier alpha value is -0.390. The zero-order valence-corrected chi connectivity index (χ0v) is 11.1. The van der Waals surface area contributed by atoms with E-state index in [4.69, 9.17) is 4.74 Å². The molecule has 86 valence electrons. The summed E-state index contributed by atoms with van der Waals surface area (Å²) in [4.78, 5) is 2.62. The van der Waals surface area contributed by atoms with Crippen LogP contribution in [0.15, 0.2) is 12.4 Å². The van der Waals surface area contributed by atoms with Crippen molar-refractivity contribution in [3.63, 3.8) is 0 Å². The molecule has 1 aromatic heterocycles. The molecule has 0 radical (unpaired) electrons. The first-order valence-corrected chi connectivity index (χ1v) is 5.82. The van der Waals surface area contributed by atoms with Gasteiger partial charge in [0.25, 0.3) is 0 Å². The van der Waals surface area contributed by atoms with Gasteiger partial charge in [0.1, 0.15) is 0 Å². The van der Waals surface area contributed by atoms with Crippen LogP contribution in [0.3, 0.4) is 0 Å². The fourth-order valence-corrected chi connectivity index (χ4v) is 2.26. The predicted molar refractivity (Wildman–Crippen MR) is 64.1 cm³/mol. The molecule has 1 heterocycles. The van der Waals surface area contributed by atoms with E-state index in [1.165, 1.54) is 5.56 Å². The molecule has 0 fully saturated rings. The molecule has 1 aromatic rings. The number of hydrogen-bond acceptors (Lipinski definition) is 3. The minimum atomic E-state index is 0.379. The van der Waals surface area contributed by atoms with E-state index in [0.717, 1.165) is 19.7 Å². The van der Waals surface area contributed by atoms with E-state index >= 15 is 0 Å². The molecule has 15 heavy (non-hydrogen) atoms. The van der Waals surface area contributed by atoms with Crippen molar-refractivity contribution in [2.45, 2.75) is 11.4 Å². The molecule has 0 spiro atoms. The molecule has 0 aliphatic carbocycles. The minimum Gasteiger partial charge on any atom is -0.383 e. The van der Waals surface area contributed by atoms with Crippen LogP contribution >= 0.6 is 15.9 Å². The molecule has 0 N–H and O–H groups in total. The minimum absolute atomic E-state index is 0.379. The van der Waals surface area contributed by atoms with E-state index in [1.54, 1.807) is 7.11 Å². The maximum Gasteiger partial charge on any atom is 0.0600 e. The van der Waals surface area contributed by atoms with Gasteiger partial charge in [-0.3, -0.25) is 4.68 Å². The van der Waals surface area contributed by atoms with Crippen molar-refractivity contribution < 1.29 is 4.74 Å². The lowest BCUT2D eigenvalue weighted by Gasteiger charge is -2.18. The van der Waals surface area contributed by atoms with Gasteiger partial charge in [0, 0.05) is 39.0 Å². The van der Waals surface area contributed by atoms with E-state index in [1.807, 2.05) is 24.1 Å². The van der Waals surface area contributed by atoms with Gasteiger partial charge in [-0.15, -0.1) is 0 Å². The van der Waals surface area contributed by atoms with Crippen LogP contribution in [0.2, 0.25) is 0 Å². The highest BCUT2D eigenvalue weighted by atomic mass is 79.9. The van der Waals surface area contributed by atoms with Crippen molar-refractivity contribution >= 4 is 15.9 Å². The molecule has 1 unspecified atom stereocenters. The van der Waals surface area contributed by atoms with Crippen LogP contribution in [0.4, 0.5) is 0 Å². The van der Waals surface area contributed by atoms with Crippen molar-refractivity contribution in [1.29, 1.82) is 0 Å². The third kappa shape index (κ3) is 4.77. The van der Waals surface area contributed by atoms with E-state index in [-0.39, 0.29) is 0 Å². The van der Waals surface area contributed by atoms with Crippen molar-refractivity contribution in [2.24, 2.45) is 7.05 Å². The Kier molecular flexibility index (Phi) is 5.28. The second-order valence-corrected chi connectivity index (χ2v) is 5.07. The zero-order valence-electron chi connectivity index (χ0n) is 9.48. The first kappa shape index (κ1) is 12.7. The lowest BCUT2D eigenvalue weighted by Crippen LogP contribution is -2.27. The molecular weight excluding hydrogens is 258 g/mol. The molecule has 0 saturated carbocycles. The third-order valence-electron chi connectivity index (χ3n) is 2.07. The first-order valence-electron chi connectivity index (χ1n) is 4.91. The standard InChI is InChI=1S/C10H18BrN3O/c1-13(7-10(11)8-15-3)5-9-4-12-14(2)6-9/h4,6,10H,5,7-8H2,1-3H3. The number of aryl methyl sites for hydroxylation is 1. The van der Waals surface area contributed by atoms with Gasteiger partial charge in [-0.2, -0.15) is 5.10 Å². The maximum atomic E-state index is 5.07. The topological polar surface area (TPSA) is 30.3 Å². The second kappa shape index (κ2) is 6.25. The van der Waals surface area contributed by atoms with Crippen molar-refractivity contribution in [2.75, 3.05) is 27.3 Å². The Morgan fingerprint density at radius 1 is 1.67 bits per heavy atom. The molecule has 0 saturated heterocycles. The van der Waals surface area contributed by atoms with Crippen LogP contribution in [-0.2, 0) is 18.3 Å². The summed E-state index contributed by atoms with van der Waals surface area (Å²) in [6.07, 6.45) is 3.94. The van der Waals surface area contributed by atoms with Gasteiger partial charge in [0.05, 0.1) is 17.6 Å². The molecule has 0 amide bonds. The monoisotopic (exact) mass is 275 g/mol. The molecule has 5 heteroatoms. The van der Waals surface area contributed by atoms with Crippen LogP contribution in [0.5, 0.6) is 0 Å². The first-order chi connectivity index (χ1) is 7.11. The number of aromatic nitrogens is 2. The number of ether oxygens (including phenoxy) is 1. The number of hydrogen-bond donors (Lipinski definition) is 0. The summed E-state index contributed by atoms with van der Waals surface area (Å²) in [7, 11) is 5.74. The summed E-state index contributed by atoms with van der Waals surface area (Å²) >= 11 is 3.57. The van der Waals surface area contributed by atoms with Gasteiger partial charge in [0.2, 0.25) is 0 Å². The lowest BCUT2D eigenvalue weighted by molar-refractivity contribution is 0.185. The fraction of sp³-hybridized carbons (Fsp3) is 0.700. The smallest absolute Gasteiger partial charge is 0.0600 e. The molecular formula is C10H18BrN3O. The summed E-state index contributed by atoms with van der Waals surface area (Å²) in [5.74, 6) is 0. The fourth-order valence-electron chi connectivity index (χ4n) is 1.50. The highest BCUT2D eigenvalue weighted by Gasteiger charge is 2.08. The molecule has 1 rings (SSSR count). The van der Waals surface area contributed by atoms with Crippen molar-refractivity contribution in [3.05, 3.63) is 18.0 Å². The summed E-state index contributed by atoms with van der Waals surface area (Å²) in [6, 6.07) is 0. The summed E-state index contributed by atoms with van der Waals surface area (Å²) in [5.41, 5.74) is 1.23. The van der Waals surface area contributed by atoms with Gasteiger partial charge >= 0.3 is 0 Å². The third-order valence-corrected chi connectivity index (χ3v) is 2.62. The average molecular weight is 276 g/mol. The number of rotatable bonds is 6. The van der Waals surface area contributed by atoms with Crippen LogP contribution in [0.1, 0.15) is 5.56 Å². The Balaban J connectivity index is 2.32. The van der Waals surface area contributed by atoms with Crippen LogP contribution in [0, 0.1) is 0 Å². The van der Waals surface area contributed by atoms with E-state index in [2.05, 4.69) is 33.0 Å². The molecule has 4 nitrogen and oxygen atoms in total. The van der Waals surface area contributed by atoms with Gasteiger partial charge in [-0.05, 0) is 7.05 Å². The van der Waals surface area contributed by atoms with Crippen molar-refractivity contribution in [3.8, 4) is 0 Å². The average Bonchev–Trinajstić information content (AvgIpc) is 2.51. The predicted octanol–water partition coefficient (Wildman–Crippen LogP) is 1.26. The van der Waals surface area contributed by atoms with Gasteiger partial charge in [-0.1, -0.05) is 15.9 Å². The summed E-state index contributed by atoms with van der Waals surface area (Å²) in [6.45, 7) is 2.61. The summed E-state index contributed by atoms with van der Waals surface area (Å²) in [5, 5.41) is 4.14. The summed E-state index contributed by atoms with van der Waals surface area (Å²) < 4.78 is 6.89. The zero-order chi connectivity index (χ0) is 11.3. The molecule has 0 bridgehead atoms. The van der Waals surface area contributed by atoms with E-state index in [9.17, 15) is 0 Å². The van der Waals surface area contributed by atoms with Crippen LogP contribution in [0.25, 0.3) is 0 Å². The highest BCUT2D eigenvalue weighted by molar-refractivity contribution is 9.09. The molecule has 0 aliphatic heterocycles. The number of methoxy groups -OCH3 is 1. The van der Waals surface area contributed by atoms with E-state index < -0.39 is 0 Å². The second-order valence-electron chi connectivity index (χ2n) is 3.77. The number of nitrogens with zero attached hydrogens (tertiary/aromatic N) is 3. The molecule has 0 aliphatic rings.